The molecule has 2 aromatic heterocycles. The molecule has 5 heteroatoms. The van der Waals surface area contributed by atoms with Crippen LogP contribution >= 0.6 is 11.3 Å². The molecule has 0 spiro atoms. The lowest BCUT2D eigenvalue weighted by Crippen LogP contribution is -1.96. The van der Waals surface area contributed by atoms with Crippen molar-refractivity contribution in [3.8, 4) is 11.1 Å². The van der Waals surface area contributed by atoms with Crippen molar-refractivity contribution in [1.82, 2.24) is 5.16 Å². The lowest BCUT2D eigenvalue weighted by molar-refractivity contribution is 0.0698. The maximum absolute atomic E-state index is 11.0. The van der Waals surface area contributed by atoms with Crippen LogP contribution in [0.4, 0.5) is 0 Å². The third-order valence-corrected chi connectivity index (χ3v) is 2.94. The highest BCUT2D eigenvalue weighted by atomic mass is 32.1. The Morgan fingerprint density at radius 3 is 2.73 bits per heavy atom. The van der Waals surface area contributed by atoms with Crippen LogP contribution in [0.25, 0.3) is 11.1 Å². The molecule has 2 heterocycles. The molecule has 0 atom stereocenters. The van der Waals surface area contributed by atoms with Gasteiger partial charge >= 0.3 is 5.97 Å². The first kappa shape index (κ1) is 9.92. The maximum atomic E-state index is 11.0. The molecule has 0 unspecified atom stereocenters. The van der Waals surface area contributed by atoms with Gasteiger partial charge in [-0.15, -0.1) is 0 Å². The van der Waals surface area contributed by atoms with E-state index in [0.29, 0.717) is 22.6 Å². The average molecular weight is 223 g/mol. The lowest BCUT2D eigenvalue weighted by Gasteiger charge is -1.98. The Balaban J connectivity index is 2.64. The minimum absolute atomic E-state index is 0.300. The SMILES string of the molecule is Cc1noc(C)c1-c1cscc1C(=O)O. The number of aryl methyl sites for hydroxylation is 2. The first-order valence-corrected chi connectivity index (χ1v) is 5.28. The van der Waals surface area contributed by atoms with E-state index in [2.05, 4.69) is 5.16 Å². The van der Waals surface area contributed by atoms with Gasteiger partial charge in [0.15, 0.2) is 0 Å². The van der Waals surface area contributed by atoms with E-state index in [1.807, 2.05) is 0 Å². The van der Waals surface area contributed by atoms with Crippen LogP contribution in [0.3, 0.4) is 0 Å². The fourth-order valence-corrected chi connectivity index (χ4v) is 2.34. The summed E-state index contributed by atoms with van der Waals surface area (Å²) in [4.78, 5) is 11.0. The molecule has 15 heavy (non-hydrogen) atoms. The van der Waals surface area contributed by atoms with Crippen molar-refractivity contribution in [3.63, 3.8) is 0 Å². The monoisotopic (exact) mass is 223 g/mol. The number of nitrogens with zero attached hydrogens (tertiary/aromatic N) is 1. The van der Waals surface area contributed by atoms with Crippen LogP contribution in [-0.4, -0.2) is 16.2 Å². The number of hydrogen-bond acceptors (Lipinski definition) is 4. The van der Waals surface area contributed by atoms with Crippen LogP contribution in [0.15, 0.2) is 15.3 Å². The van der Waals surface area contributed by atoms with E-state index in [1.165, 1.54) is 11.3 Å². The zero-order chi connectivity index (χ0) is 11.0. The summed E-state index contributed by atoms with van der Waals surface area (Å²) in [5, 5.41) is 16.2. The van der Waals surface area contributed by atoms with Gasteiger partial charge in [0.05, 0.1) is 11.3 Å². The number of carbonyl (C=O) groups is 1. The minimum atomic E-state index is -0.925. The Morgan fingerprint density at radius 1 is 1.47 bits per heavy atom. The molecule has 0 aromatic carbocycles. The molecule has 1 N–H and O–H groups in total. The quantitative estimate of drug-likeness (QED) is 0.850. The van der Waals surface area contributed by atoms with Crippen LogP contribution in [-0.2, 0) is 0 Å². The molecule has 0 aliphatic heterocycles. The van der Waals surface area contributed by atoms with E-state index in [1.54, 1.807) is 24.6 Å². The molecule has 0 amide bonds. The van der Waals surface area contributed by atoms with E-state index in [0.717, 1.165) is 5.56 Å². The number of aromatic carboxylic acids is 1. The fraction of sp³-hybridized carbons (Fsp3) is 0.200. The molecule has 2 aromatic rings. The highest BCUT2D eigenvalue weighted by Gasteiger charge is 2.19. The van der Waals surface area contributed by atoms with Crippen molar-refractivity contribution < 1.29 is 14.4 Å². The highest BCUT2D eigenvalue weighted by molar-refractivity contribution is 7.08. The van der Waals surface area contributed by atoms with Gasteiger partial charge in [-0.05, 0) is 19.2 Å². The summed E-state index contributed by atoms with van der Waals surface area (Å²) in [5.74, 6) is -0.278. The van der Waals surface area contributed by atoms with Crippen LogP contribution < -0.4 is 0 Å². The van der Waals surface area contributed by atoms with Crippen molar-refractivity contribution in [2.24, 2.45) is 0 Å². The molecule has 0 bridgehead atoms. The molecule has 78 valence electrons. The van der Waals surface area contributed by atoms with Crippen LogP contribution in [0.2, 0.25) is 0 Å². The summed E-state index contributed by atoms with van der Waals surface area (Å²) in [5.41, 5.74) is 2.49. The second kappa shape index (κ2) is 3.51. The summed E-state index contributed by atoms with van der Waals surface area (Å²) < 4.78 is 5.02. The Kier molecular flexibility index (Phi) is 2.32. The van der Waals surface area contributed by atoms with Gasteiger partial charge in [0, 0.05) is 16.5 Å². The maximum Gasteiger partial charge on any atom is 0.337 e. The standard InChI is InChI=1S/C10H9NO3S/c1-5-9(6(2)14-11-5)7-3-15-4-8(7)10(12)13/h3-4H,1-2H3,(H,12,13). The summed E-state index contributed by atoms with van der Waals surface area (Å²) in [6, 6.07) is 0. The fourth-order valence-electron chi connectivity index (χ4n) is 1.52. The Hall–Kier alpha value is -1.62. The van der Waals surface area contributed by atoms with Crippen molar-refractivity contribution in [3.05, 3.63) is 27.8 Å². The second-order valence-corrected chi connectivity index (χ2v) is 3.95. The normalized spacial score (nSPS) is 10.5. The van der Waals surface area contributed by atoms with Crippen molar-refractivity contribution in [2.45, 2.75) is 13.8 Å². The predicted molar refractivity (Wildman–Crippen MR) is 56.2 cm³/mol. The van der Waals surface area contributed by atoms with E-state index in [-0.39, 0.29) is 0 Å². The number of thiophene rings is 1. The average Bonchev–Trinajstić information content (AvgIpc) is 2.73. The number of aromatic nitrogens is 1. The van der Waals surface area contributed by atoms with Crippen molar-refractivity contribution >= 4 is 17.3 Å². The molecule has 0 radical (unpaired) electrons. The van der Waals surface area contributed by atoms with E-state index >= 15 is 0 Å². The van der Waals surface area contributed by atoms with E-state index < -0.39 is 5.97 Å². The molecule has 0 saturated carbocycles. The summed E-state index contributed by atoms with van der Waals surface area (Å²) in [6.45, 7) is 3.58. The molecule has 2 rings (SSSR count). The van der Waals surface area contributed by atoms with Gasteiger partial charge in [0.2, 0.25) is 0 Å². The first-order chi connectivity index (χ1) is 7.11. The minimum Gasteiger partial charge on any atom is -0.478 e. The predicted octanol–water partition coefficient (Wildman–Crippen LogP) is 2.72. The van der Waals surface area contributed by atoms with Crippen LogP contribution in [0.1, 0.15) is 21.8 Å². The summed E-state index contributed by atoms with van der Waals surface area (Å²) in [7, 11) is 0. The Bertz CT molecular complexity index is 493. The third kappa shape index (κ3) is 1.55. The lowest BCUT2D eigenvalue weighted by atomic mass is 10.0. The number of rotatable bonds is 2. The zero-order valence-electron chi connectivity index (χ0n) is 8.27. The van der Waals surface area contributed by atoms with Gasteiger partial charge in [0.1, 0.15) is 5.76 Å². The molecule has 0 aliphatic carbocycles. The van der Waals surface area contributed by atoms with Crippen LogP contribution in [0.5, 0.6) is 0 Å². The molecule has 0 fully saturated rings. The molecular weight excluding hydrogens is 214 g/mol. The third-order valence-electron chi connectivity index (χ3n) is 2.20. The molecule has 0 aliphatic rings. The summed E-state index contributed by atoms with van der Waals surface area (Å²) >= 11 is 1.36. The van der Waals surface area contributed by atoms with Gasteiger partial charge in [-0.2, -0.15) is 11.3 Å². The Labute approximate surface area is 90.1 Å². The largest absolute Gasteiger partial charge is 0.478 e. The molecular formula is C10H9NO3S. The summed E-state index contributed by atoms with van der Waals surface area (Å²) in [6.07, 6.45) is 0. The Morgan fingerprint density at radius 2 is 2.20 bits per heavy atom. The highest BCUT2D eigenvalue weighted by Crippen LogP contribution is 2.32. The van der Waals surface area contributed by atoms with Crippen LogP contribution in [0, 0.1) is 13.8 Å². The topological polar surface area (TPSA) is 63.3 Å². The van der Waals surface area contributed by atoms with E-state index in [9.17, 15) is 4.79 Å². The van der Waals surface area contributed by atoms with Gasteiger partial charge in [-0.1, -0.05) is 5.16 Å². The van der Waals surface area contributed by atoms with Gasteiger partial charge in [-0.25, -0.2) is 4.79 Å². The smallest absolute Gasteiger partial charge is 0.337 e. The number of hydrogen-bond donors (Lipinski definition) is 1. The molecule has 4 nitrogen and oxygen atoms in total. The van der Waals surface area contributed by atoms with Gasteiger partial charge in [0.25, 0.3) is 0 Å². The zero-order valence-corrected chi connectivity index (χ0v) is 9.09. The van der Waals surface area contributed by atoms with Crippen molar-refractivity contribution in [2.75, 3.05) is 0 Å². The number of carboxylic acid groups (broad SMARTS) is 1. The number of carboxylic acids is 1. The van der Waals surface area contributed by atoms with Crippen molar-refractivity contribution in [1.29, 1.82) is 0 Å². The first-order valence-electron chi connectivity index (χ1n) is 4.34. The van der Waals surface area contributed by atoms with E-state index in [4.69, 9.17) is 9.63 Å². The second-order valence-electron chi connectivity index (χ2n) is 3.20. The molecule has 0 saturated heterocycles. The van der Waals surface area contributed by atoms with Gasteiger partial charge < -0.3 is 9.63 Å². The van der Waals surface area contributed by atoms with Gasteiger partial charge in [-0.3, -0.25) is 0 Å².